The third kappa shape index (κ3) is 3.24. The molecule has 0 aliphatic heterocycles. The quantitative estimate of drug-likeness (QED) is 0.794. The standard InChI is InChI=1S/C14H21NO/c1-11-3-6-14(16-10-12-4-5-12)13(9-11)7-8-15-2/h3,6,9,12,15H,4-5,7-8,10H2,1-2H3. The Bertz CT molecular complexity index is 345. The van der Waals surface area contributed by atoms with Crippen LogP contribution in [0.1, 0.15) is 24.0 Å². The molecule has 0 unspecified atom stereocenters. The molecular formula is C14H21NO. The summed E-state index contributed by atoms with van der Waals surface area (Å²) in [5.74, 6) is 1.89. The van der Waals surface area contributed by atoms with Gasteiger partial charge in [0.15, 0.2) is 0 Å². The highest BCUT2D eigenvalue weighted by atomic mass is 16.5. The van der Waals surface area contributed by atoms with E-state index in [4.69, 9.17) is 4.74 Å². The first-order valence-electron chi connectivity index (χ1n) is 6.16. The number of rotatable bonds is 6. The van der Waals surface area contributed by atoms with Crippen molar-refractivity contribution >= 4 is 0 Å². The van der Waals surface area contributed by atoms with Crippen LogP contribution in [-0.2, 0) is 6.42 Å². The molecule has 16 heavy (non-hydrogen) atoms. The molecule has 1 aliphatic carbocycles. The summed E-state index contributed by atoms with van der Waals surface area (Å²) in [6, 6.07) is 6.48. The number of aryl methyl sites for hydroxylation is 1. The van der Waals surface area contributed by atoms with Crippen LogP contribution in [0.3, 0.4) is 0 Å². The zero-order valence-corrected chi connectivity index (χ0v) is 10.3. The van der Waals surface area contributed by atoms with E-state index >= 15 is 0 Å². The third-order valence-electron chi connectivity index (χ3n) is 3.03. The Morgan fingerprint density at radius 2 is 2.19 bits per heavy atom. The van der Waals surface area contributed by atoms with Crippen molar-refractivity contribution in [3.05, 3.63) is 29.3 Å². The molecule has 1 aliphatic rings. The number of nitrogens with one attached hydrogen (secondary N) is 1. The van der Waals surface area contributed by atoms with E-state index in [1.165, 1.54) is 24.0 Å². The summed E-state index contributed by atoms with van der Waals surface area (Å²) < 4.78 is 5.89. The number of hydrogen-bond acceptors (Lipinski definition) is 2. The van der Waals surface area contributed by atoms with Gasteiger partial charge in [0.1, 0.15) is 5.75 Å². The van der Waals surface area contributed by atoms with Gasteiger partial charge in [-0.05, 0) is 57.3 Å². The molecule has 0 amide bonds. The summed E-state index contributed by atoms with van der Waals surface area (Å²) in [4.78, 5) is 0. The zero-order chi connectivity index (χ0) is 11.4. The predicted octanol–water partition coefficient (Wildman–Crippen LogP) is 2.55. The van der Waals surface area contributed by atoms with E-state index < -0.39 is 0 Å². The lowest BCUT2D eigenvalue weighted by atomic mass is 10.1. The van der Waals surface area contributed by atoms with Gasteiger partial charge in [0, 0.05) is 0 Å². The topological polar surface area (TPSA) is 21.3 Å². The molecule has 2 nitrogen and oxygen atoms in total. The summed E-state index contributed by atoms with van der Waals surface area (Å²) in [5, 5.41) is 3.18. The lowest BCUT2D eigenvalue weighted by molar-refractivity contribution is 0.296. The van der Waals surface area contributed by atoms with Gasteiger partial charge in [0.25, 0.3) is 0 Å². The molecule has 0 saturated heterocycles. The van der Waals surface area contributed by atoms with Gasteiger partial charge in [-0.2, -0.15) is 0 Å². The lowest BCUT2D eigenvalue weighted by Crippen LogP contribution is -2.11. The molecular weight excluding hydrogens is 198 g/mol. The van der Waals surface area contributed by atoms with Crippen molar-refractivity contribution in [2.75, 3.05) is 20.2 Å². The molecule has 1 aromatic rings. The van der Waals surface area contributed by atoms with Crippen molar-refractivity contribution in [2.45, 2.75) is 26.2 Å². The highest BCUT2D eigenvalue weighted by Gasteiger charge is 2.22. The number of likely N-dealkylation sites (N-methyl/N-ethyl adjacent to an activating group) is 1. The molecule has 1 fully saturated rings. The molecule has 0 heterocycles. The van der Waals surface area contributed by atoms with Crippen LogP contribution in [0.15, 0.2) is 18.2 Å². The first-order valence-corrected chi connectivity index (χ1v) is 6.16. The lowest BCUT2D eigenvalue weighted by Gasteiger charge is -2.12. The molecule has 0 aromatic heterocycles. The highest BCUT2D eigenvalue weighted by molar-refractivity contribution is 5.37. The van der Waals surface area contributed by atoms with Crippen molar-refractivity contribution in [3.63, 3.8) is 0 Å². The van der Waals surface area contributed by atoms with Gasteiger partial charge in [0.2, 0.25) is 0 Å². The molecule has 1 N–H and O–H groups in total. The second-order valence-corrected chi connectivity index (χ2v) is 4.72. The average molecular weight is 219 g/mol. The second-order valence-electron chi connectivity index (χ2n) is 4.72. The van der Waals surface area contributed by atoms with Gasteiger partial charge in [-0.3, -0.25) is 0 Å². The summed E-state index contributed by atoms with van der Waals surface area (Å²) >= 11 is 0. The van der Waals surface area contributed by atoms with Crippen LogP contribution in [0.2, 0.25) is 0 Å². The van der Waals surface area contributed by atoms with E-state index in [1.807, 2.05) is 7.05 Å². The predicted molar refractivity (Wildman–Crippen MR) is 67.0 cm³/mol. The molecule has 0 radical (unpaired) electrons. The summed E-state index contributed by atoms with van der Waals surface area (Å²) in [6.45, 7) is 4.03. The van der Waals surface area contributed by atoms with Crippen molar-refractivity contribution in [3.8, 4) is 5.75 Å². The van der Waals surface area contributed by atoms with Gasteiger partial charge in [-0.15, -0.1) is 0 Å². The Balaban J connectivity index is 2.00. The SMILES string of the molecule is CNCCc1cc(C)ccc1OCC1CC1. The van der Waals surface area contributed by atoms with Gasteiger partial charge in [0.05, 0.1) is 6.61 Å². The van der Waals surface area contributed by atoms with Gasteiger partial charge in [-0.25, -0.2) is 0 Å². The summed E-state index contributed by atoms with van der Waals surface area (Å²) in [6.07, 6.45) is 3.73. The maximum atomic E-state index is 5.89. The van der Waals surface area contributed by atoms with Crippen LogP contribution in [0.5, 0.6) is 5.75 Å². The Morgan fingerprint density at radius 3 is 2.88 bits per heavy atom. The van der Waals surface area contributed by atoms with Gasteiger partial charge >= 0.3 is 0 Å². The smallest absolute Gasteiger partial charge is 0.122 e. The number of benzene rings is 1. The van der Waals surface area contributed by atoms with Crippen LogP contribution >= 0.6 is 0 Å². The Labute approximate surface area is 98.0 Å². The van der Waals surface area contributed by atoms with Crippen molar-refractivity contribution in [2.24, 2.45) is 5.92 Å². The minimum absolute atomic E-state index is 0.818. The fourth-order valence-electron chi connectivity index (χ4n) is 1.80. The fraction of sp³-hybridized carbons (Fsp3) is 0.571. The van der Waals surface area contributed by atoms with Crippen LogP contribution < -0.4 is 10.1 Å². The van der Waals surface area contributed by atoms with Crippen LogP contribution in [0, 0.1) is 12.8 Å². The maximum Gasteiger partial charge on any atom is 0.122 e. The summed E-state index contributed by atoms with van der Waals surface area (Å²) in [5.41, 5.74) is 2.64. The fourth-order valence-corrected chi connectivity index (χ4v) is 1.80. The first-order chi connectivity index (χ1) is 7.79. The molecule has 0 spiro atoms. The first kappa shape index (κ1) is 11.5. The molecule has 0 bridgehead atoms. The van der Waals surface area contributed by atoms with E-state index in [-0.39, 0.29) is 0 Å². The third-order valence-corrected chi connectivity index (χ3v) is 3.03. The monoisotopic (exact) mass is 219 g/mol. The van der Waals surface area contributed by atoms with Gasteiger partial charge in [-0.1, -0.05) is 17.7 Å². The maximum absolute atomic E-state index is 5.89. The van der Waals surface area contributed by atoms with Crippen LogP contribution in [-0.4, -0.2) is 20.2 Å². The Morgan fingerprint density at radius 1 is 1.38 bits per heavy atom. The Hall–Kier alpha value is -1.02. The van der Waals surface area contributed by atoms with E-state index in [0.717, 1.165) is 31.2 Å². The van der Waals surface area contributed by atoms with Crippen molar-refractivity contribution in [1.82, 2.24) is 5.32 Å². The van der Waals surface area contributed by atoms with Gasteiger partial charge < -0.3 is 10.1 Å². The van der Waals surface area contributed by atoms with Crippen LogP contribution in [0.25, 0.3) is 0 Å². The van der Waals surface area contributed by atoms with E-state index in [0.29, 0.717) is 0 Å². The zero-order valence-electron chi connectivity index (χ0n) is 10.3. The van der Waals surface area contributed by atoms with Crippen molar-refractivity contribution < 1.29 is 4.74 Å². The molecule has 2 heteroatoms. The average Bonchev–Trinajstić information content (AvgIpc) is 3.09. The normalized spacial score (nSPS) is 15.1. The van der Waals surface area contributed by atoms with Crippen molar-refractivity contribution in [1.29, 1.82) is 0 Å². The minimum atomic E-state index is 0.818. The summed E-state index contributed by atoms with van der Waals surface area (Å²) in [7, 11) is 1.99. The van der Waals surface area contributed by atoms with E-state index in [1.54, 1.807) is 0 Å². The molecule has 0 atom stereocenters. The molecule has 88 valence electrons. The van der Waals surface area contributed by atoms with Crippen LogP contribution in [0.4, 0.5) is 0 Å². The van der Waals surface area contributed by atoms with E-state index in [9.17, 15) is 0 Å². The Kier molecular flexibility index (Phi) is 3.83. The molecule has 2 rings (SSSR count). The minimum Gasteiger partial charge on any atom is -0.493 e. The molecule has 1 aromatic carbocycles. The molecule has 1 saturated carbocycles. The van der Waals surface area contributed by atoms with E-state index in [2.05, 4.69) is 30.4 Å². The number of hydrogen-bond donors (Lipinski definition) is 1. The highest BCUT2D eigenvalue weighted by Crippen LogP contribution is 2.30. The second kappa shape index (κ2) is 5.35. The largest absolute Gasteiger partial charge is 0.493 e. The number of ether oxygens (including phenoxy) is 1.